The van der Waals surface area contributed by atoms with Gasteiger partial charge in [-0.25, -0.2) is 13.2 Å². The molecule has 0 saturated carbocycles. The summed E-state index contributed by atoms with van der Waals surface area (Å²) in [6, 6.07) is 3.31. The third-order valence-corrected chi connectivity index (χ3v) is 2.17. The van der Waals surface area contributed by atoms with Gasteiger partial charge in [0.05, 0.1) is 5.56 Å². The van der Waals surface area contributed by atoms with Crippen LogP contribution in [0, 0.1) is 5.82 Å². The van der Waals surface area contributed by atoms with Crippen LogP contribution in [0.3, 0.4) is 0 Å². The number of carbonyl (C=O) groups excluding carboxylic acids is 1. The third kappa shape index (κ3) is 3.90. The Morgan fingerprint density at radius 3 is 2.71 bits per heavy atom. The van der Waals surface area contributed by atoms with Crippen molar-refractivity contribution in [1.82, 2.24) is 5.32 Å². The van der Waals surface area contributed by atoms with E-state index in [0.29, 0.717) is 0 Å². The quantitative estimate of drug-likeness (QED) is 0.874. The van der Waals surface area contributed by atoms with Gasteiger partial charge in [-0.2, -0.15) is 0 Å². The molecule has 0 aromatic heterocycles. The average molecular weight is 268 g/mol. The van der Waals surface area contributed by atoms with E-state index in [0.717, 1.165) is 12.1 Å². The second kappa shape index (κ2) is 5.88. The van der Waals surface area contributed by atoms with Gasteiger partial charge in [-0.3, -0.25) is 4.79 Å². The maximum Gasteiger partial charge on any atom is 0.265 e. The summed E-state index contributed by atoms with van der Waals surface area (Å²) in [5.41, 5.74) is -0.362. The molecule has 94 valence electrons. The summed E-state index contributed by atoms with van der Waals surface area (Å²) in [6.45, 7) is -0.664. The van der Waals surface area contributed by atoms with Crippen LogP contribution in [-0.4, -0.2) is 30.1 Å². The monoisotopic (exact) mass is 267 g/mol. The molecule has 1 aromatic carbocycles. The molecule has 0 aliphatic rings. The zero-order valence-corrected chi connectivity index (χ0v) is 9.22. The molecule has 2 N–H and O–H groups in total. The van der Waals surface area contributed by atoms with E-state index >= 15 is 0 Å². The molecule has 17 heavy (non-hydrogen) atoms. The molecule has 0 heterocycles. The van der Waals surface area contributed by atoms with Crippen LogP contribution >= 0.6 is 11.6 Å². The molecular formula is C10H9ClF3NO2. The molecule has 1 atom stereocenters. The second-order valence-corrected chi connectivity index (χ2v) is 3.67. The first kappa shape index (κ1) is 13.8. The van der Waals surface area contributed by atoms with Crippen LogP contribution in [0.4, 0.5) is 13.2 Å². The van der Waals surface area contributed by atoms with Gasteiger partial charge in [-0.05, 0) is 18.2 Å². The van der Waals surface area contributed by atoms with Crippen molar-refractivity contribution in [3.8, 4) is 0 Å². The first-order valence-electron chi connectivity index (χ1n) is 4.61. The highest BCUT2D eigenvalue weighted by molar-refractivity contribution is 6.30. The Hall–Kier alpha value is -1.27. The summed E-state index contributed by atoms with van der Waals surface area (Å²) >= 11 is 5.56. The van der Waals surface area contributed by atoms with Gasteiger partial charge in [0.15, 0.2) is 0 Å². The fourth-order valence-electron chi connectivity index (χ4n) is 1.05. The van der Waals surface area contributed by atoms with E-state index in [1.807, 2.05) is 5.32 Å². The number of aliphatic hydroxyl groups excluding tert-OH is 1. The maximum absolute atomic E-state index is 13.2. The van der Waals surface area contributed by atoms with E-state index < -0.39 is 30.8 Å². The van der Waals surface area contributed by atoms with Crippen LogP contribution in [0.25, 0.3) is 0 Å². The van der Waals surface area contributed by atoms with Gasteiger partial charge in [-0.1, -0.05) is 11.6 Å². The Bertz CT molecular complexity index is 415. The molecule has 0 bridgehead atoms. The summed E-state index contributed by atoms with van der Waals surface area (Å²) in [7, 11) is 0. The minimum atomic E-state index is -2.97. The van der Waals surface area contributed by atoms with Crippen molar-refractivity contribution in [2.45, 2.75) is 12.5 Å². The maximum atomic E-state index is 13.2. The summed E-state index contributed by atoms with van der Waals surface area (Å²) in [6.07, 6.45) is -4.96. The summed E-state index contributed by atoms with van der Waals surface area (Å²) in [4.78, 5) is 11.4. The molecule has 1 rings (SSSR count). The highest BCUT2D eigenvalue weighted by atomic mass is 35.5. The second-order valence-electron chi connectivity index (χ2n) is 3.24. The molecule has 1 unspecified atom stereocenters. The molecule has 0 saturated heterocycles. The SMILES string of the molecule is O=C(NCC(O)C(F)F)c1cc(Cl)ccc1F. The van der Waals surface area contributed by atoms with Crippen molar-refractivity contribution in [3.05, 3.63) is 34.6 Å². The summed E-state index contributed by atoms with van der Waals surface area (Å²) < 4.78 is 37.0. The van der Waals surface area contributed by atoms with Gasteiger partial charge in [0.25, 0.3) is 12.3 Å². The first-order chi connectivity index (χ1) is 7.91. The van der Waals surface area contributed by atoms with Gasteiger partial charge in [0, 0.05) is 11.6 Å². The Morgan fingerprint density at radius 2 is 2.12 bits per heavy atom. The van der Waals surface area contributed by atoms with E-state index in [4.69, 9.17) is 16.7 Å². The standard InChI is InChI=1S/C10H9ClF3NO2/c11-5-1-2-7(12)6(3-5)10(17)15-4-8(16)9(13)14/h1-3,8-9,16H,4H2,(H,15,17). The number of aliphatic hydroxyl groups is 1. The molecule has 0 aliphatic carbocycles. The fourth-order valence-corrected chi connectivity index (χ4v) is 1.23. The lowest BCUT2D eigenvalue weighted by atomic mass is 10.2. The number of amides is 1. The number of benzene rings is 1. The van der Waals surface area contributed by atoms with Crippen LogP contribution in [0.2, 0.25) is 5.02 Å². The van der Waals surface area contributed by atoms with E-state index in [9.17, 15) is 18.0 Å². The Balaban J connectivity index is 2.67. The van der Waals surface area contributed by atoms with Gasteiger partial charge in [0.2, 0.25) is 0 Å². The van der Waals surface area contributed by atoms with E-state index in [2.05, 4.69) is 0 Å². The number of halogens is 4. The van der Waals surface area contributed by atoms with E-state index in [-0.39, 0.29) is 10.6 Å². The number of nitrogens with one attached hydrogen (secondary N) is 1. The van der Waals surface area contributed by atoms with Crippen LogP contribution < -0.4 is 5.32 Å². The number of hydrogen-bond acceptors (Lipinski definition) is 2. The molecule has 0 fully saturated rings. The van der Waals surface area contributed by atoms with Gasteiger partial charge in [0.1, 0.15) is 11.9 Å². The molecule has 0 aliphatic heterocycles. The number of hydrogen-bond donors (Lipinski definition) is 2. The summed E-state index contributed by atoms with van der Waals surface area (Å²) in [5.74, 6) is -1.73. The lowest BCUT2D eigenvalue weighted by Crippen LogP contribution is -2.36. The molecule has 1 aromatic rings. The van der Waals surface area contributed by atoms with Crippen LogP contribution in [-0.2, 0) is 0 Å². The Labute approximate surface area is 100 Å². The molecule has 7 heteroatoms. The number of alkyl halides is 2. The highest BCUT2D eigenvalue weighted by Gasteiger charge is 2.19. The molecular weight excluding hydrogens is 259 g/mol. The normalized spacial score (nSPS) is 12.6. The minimum absolute atomic E-state index is 0.144. The van der Waals surface area contributed by atoms with Gasteiger partial charge >= 0.3 is 0 Å². The largest absolute Gasteiger partial charge is 0.385 e. The van der Waals surface area contributed by atoms with Crippen LogP contribution in [0.5, 0.6) is 0 Å². The fraction of sp³-hybridized carbons (Fsp3) is 0.300. The van der Waals surface area contributed by atoms with Crippen molar-refractivity contribution in [2.75, 3.05) is 6.54 Å². The van der Waals surface area contributed by atoms with E-state index in [1.54, 1.807) is 0 Å². The zero-order chi connectivity index (χ0) is 13.0. The van der Waals surface area contributed by atoms with Gasteiger partial charge < -0.3 is 10.4 Å². The zero-order valence-electron chi connectivity index (χ0n) is 8.46. The summed E-state index contributed by atoms with van der Waals surface area (Å²) in [5, 5.41) is 10.9. The number of rotatable bonds is 4. The Kier molecular flexibility index (Phi) is 4.77. The van der Waals surface area contributed by atoms with Crippen molar-refractivity contribution >= 4 is 17.5 Å². The topological polar surface area (TPSA) is 49.3 Å². The average Bonchev–Trinajstić information content (AvgIpc) is 2.28. The molecule has 0 radical (unpaired) electrons. The molecule has 0 spiro atoms. The van der Waals surface area contributed by atoms with Crippen molar-refractivity contribution in [3.63, 3.8) is 0 Å². The minimum Gasteiger partial charge on any atom is -0.385 e. The molecule has 1 amide bonds. The highest BCUT2D eigenvalue weighted by Crippen LogP contribution is 2.14. The predicted octanol–water partition coefficient (Wildman–Crippen LogP) is 1.83. The number of carbonyl (C=O) groups is 1. The van der Waals surface area contributed by atoms with Crippen LogP contribution in [0.15, 0.2) is 18.2 Å². The van der Waals surface area contributed by atoms with E-state index in [1.165, 1.54) is 6.07 Å². The van der Waals surface area contributed by atoms with Crippen molar-refractivity contribution in [2.24, 2.45) is 0 Å². The Morgan fingerprint density at radius 1 is 1.47 bits per heavy atom. The first-order valence-corrected chi connectivity index (χ1v) is 4.99. The molecule has 3 nitrogen and oxygen atoms in total. The van der Waals surface area contributed by atoms with Crippen LogP contribution in [0.1, 0.15) is 10.4 Å². The van der Waals surface area contributed by atoms with Crippen molar-refractivity contribution < 1.29 is 23.1 Å². The lowest BCUT2D eigenvalue weighted by Gasteiger charge is -2.11. The predicted molar refractivity (Wildman–Crippen MR) is 55.8 cm³/mol. The van der Waals surface area contributed by atoms with Crippen molar-refractivity contribution in [1.29, 1.82) is 0 Å². The lowest BCUT2D eigenvalue weighted by molar-refractivity contribution is -0.00272. The smallest absolute Gasteiger partial charge is 0.265 e. The third-order valence-electron chi connectivity index (χ3n) is 1.94. The van der Waals surface area contributed by atoms with Gasteiger partial charge in [-0.15, -0.1) is 0 Å².